The number of rotatable bonds is 2. The highest BCUT2D eigenvalue weighted by molar-refractivity contribution is 6.01. The minimum Gasteiger partial charge on any atom is -0.294 e. The molecule has 0 radical (unpaired) electrons. The van der Waals surface area contributed by atoms with Gasteiger partial charge in [0.25, 0.3) is 0 Å². The van der Waals surface area contributed by atoms with Crippen molar-refractivity contribution < 1.29 is 4.79 Å². The Balaban J connectivity index is 1.77. The van der Waals surface area contributed by atoms with Crippen LogP contribution in [0.4, 0.5) is 0 Å². The van der Waals surface area contributed by atoms with E-state index in [9.17, 15) is 4.79 Å². The number of hydrogen-bond donors (Lipinski definition) is 1. The highest BCUT2D eigenvalue weighted by atomic mass is 16.1. The number of aromatic nitrogens is 2. The zero-order valence-corrected chi connectivity index (χ0v) is 11.5. The van der Waals surface area contributed by atoms with E-state index in [1.54, 1.807) is 6.20 Å². The third-order valence-electron chi connectivity index (χ3n) is 4.03. The van der Waals surface area contributed by atoms with Gasteiger partial charge >= 0.3 is 0 Å². The summed E-state index contributed by atoms with van der Waals surface area (Å²) in [5, 5.41) is 6.98. The zero-order valence-electron chi connectivity index (χ0n) is 11.5. The van der Waals surface area contributed by atoms with E-state index in [1.807, 2.05) is 24.3 Å². The Kier molecular flexibility index (Phi) is 2.71. The number of fused-ring (bicyclic) bond motifs is 1. The Morgan fingerprint density at radius 3 is 2.62 bits per heavy atom. The van der Waals surface area contributed by atoms with Gasteiger partial charge in [-0.3, -0.25) is 9.89 Å². The Bertz CT molecular complexity index is 819. The van der Waals surface area contributed by atoms with E-state index in [4.69, 9.17) is 0 Å². The second-order valence-electron chi connectivity index (χ2n) is 5.35. The fourth-order valence-corrected chi connectivity index (χ4v) is 2.92. The molecule has 0 unspecified atom stereocenters. The van der Waals surface area contributed by atoms with Gasteiger partial charge < -0.3 is 0 Å². The van der Waals surface area contributed by atoms with Crippen LogP contribution in [0.15, 0.2) is 54.7 Å². The van der Waals surface area contributed by atoms with E-state index >= 15 is 0 Å². The minimum atomic E-state index is 0.266. The maximum absolute atomic E-state index is 11.7. The predicted octanol–water partition coefficient (Wildman–Crippen LogP) is 3.87. The first kappa shape index (κ1) is 12.1. The second-order valence-corrected chi connectivity index (χ2v) is 5.35. The van der Waals surface area contributed by atoms with E-state index in [-0.39, 0.29) is 5.78 Å². The molecule has 0 saturated heterocycles. The molecule has 0 aliphatic heterocycles. The molecule has 3 aromatic rings. The van der Waals surface area contributed by atoms with E-state index in [0.29, 0.717) is 6.42 Å². The van der Waals surface area contributed by atoms with Crippen LogP contribution in [0, 0.1) is 0 Å². The normalized spacial score (nSPS) is 13.4. The molecule has 1 N–H and O–H groups in total. The molecule has 102 valence electrons. The number of hydrogen-bond acceptors (Lipinski definition) is 2. The van der Waals surface area contributed by atoms with Crippen LogP contribution in [0.3, 0.4) is 0 Å². The lowest BCUT2D eigenvalue weighted by molar-refractivity contribution is 0.0994. The van der Waals surface area contributed by atoms with Gasteiger partial charge in [-0.05, 0) is 35.2 Å². The van der Waals surface area contributed by atoms with Gasteiger partial charge in [0, 0.05) is 23.7 Å². The van der Waals surface area contributed by atoms with Crippen LogP contribution < -0.4 is 0 Å². The summed E-state index contributed by atoms with van der Waals surface area (Å²) in [6.45, 7) is 0. The molecule has 0 amide bonds. The fourth-order valence-electron chi connectivity index (χ4n) is 2.92. The van der Waals surface area contributed by atoms with Gasteiger partial charge in [-0.15, -0.1) is 0 Å². The van der Waals surface area contributed by atoms with Gasteiger partial charge in [-0.2, -0.15) is 5.10 Å². The highest BCUT2D eigenvalue weighted by Gasteiger charge is 2.19. The summed E-state index contributed by atoms with van der Waals surface area (Å²) in [7, 11) is 0. The fraction of sp³-hybridized carbons (Fsp3) is 0.111. The van der Waals surface area contributed by atoms with Crippen molar-refractivity contribution in [3.8, 4) is 22.4 Å². The highest BCUT2D eigenvalue weighted by Crippen LogP contribution is 2.30. The first-order chi connectivity index (χ1) is 10.3. The van der Waals surface area contributed by atoms with Crippen molar-refractivity contribution in [2.45, 2.75) is 12.8 Å². The first-order valence-electron chi connectivity index (χ1n) is 7.07. The minimum absolute atomic E-state index is 0.266. The molecule has 4 rings (SSSR count). The summed E-state index contributed by atoms with van der Waals surface area (Å²) < 4.78 is 0. The Hall–Kier alpha value is -2.68. The van der Waals surface area contributed by atoms with Crippen molar-refractivity contribution >= 4 is 5.78 Å². The number of Topliss-reactive ketones (excluding diaryl/α,β-unsaturated/α-hetero) is 1. The average Bonchev–Trinajstić information content (AvgIpc) is 3.18. The molecule has 0 saturated carbocycles. The predicted molar refractivity (Wildman–Crippen MR) is 82.1 cm³/mol. The molecular formula is C18H14N2O. The summed E-state index contributed by atoms with van der Waals surface area (Å²) in [6.07, 6.45) is 3.26. The van der Waals surface area contributed by atoms with Crippen molar-refractivity contribution in [1.82, 2.24) is 10.2 Å². The molecule has 1 aliphatic carbocycles. The molecule has 0 fully saturated rings. The van der Waals surface area contributed by atoms with Crippen LogP contribution in [0.5, 0.6) is 0 Å². The van der Waals surface area contributed by atoms with Gasteiger partial charge in [0.1, 0.15) is 0 Å². The van der Waals surface area contributed by atoms with Gasteiger partial charge in [-0.1, -0.05) is 36.4 Å². The molecule has 0 bridgehead atoms. The standard InChI is InChI=1S/C18H14N2O/c21-18-7-5-14-10-13(4-6-16(14)18)12-2-1-3-15(11-12)17-8-9-19-20-17/h1-4,6,8-11H,5,7H2,(H,19,20). The maximum atomic E-state index is 11.7. The lowest BCUT2D eigenvalue weighted by Crippen LogP contribution is -1.91. The number of benzene rings is 2. The summed E-state index contributed by atoms with van der Waals surface area (Å²) in [6, 6.07) is 16.5. The van der Waals surface area contributed by atoms with Crippen LogP contribution in [0.1, 0.15) is 22.3 Å². The summed E-state index contributed by atoms with van der Waals surface area (Å²) in [4.78, 5) is 11.7. The van der Waals surface area contributed by atoms with Crippen molar-refractivity contribution in [3.63, 3.8) is 0 Å². The SMILES string of the molecule is O=C1CCc2cc(-c3cccc(-c4ccn[nH]4)c3)ccc21. The molecule has 3 nitrogen and oxygen atoms in total. The number of carbonyl (C=O) groups excluding carboxylic acids is 1. The third-order valence-corrected chi connectivity index (χ3v) is 4.03. The number of carbonyl (C=O) groups is 1. The van der Waals surface area contributed by atoms with Crippen LogP contribution >= 0.6 is 0 Å². The third kappa shape index (κ3) is 2.07. The zero-order chi connectivity index (χ0) is 14.2. The monoisotopic (exact) mass is 274 g/mol. The van der Waals surface area contributed by atoms with E-state index in [2.05, 4.69) is 34.5 Å². The Morgan fingerprint density at radius 2 is 1.76 bits per heavy atom. The van der Waals surface area contributed by atoms with Crippen LogP contribution in [-0.2, 0) is 6.42 Å². The number of nitrogens with one attached hydrogen (secondary N) is 1. The molecular weight excluding hydrogens is 260 g/mol. The molecule has 3 heteroatoms. The van der Waals surface area contributed by atoms with Crippen molar-refractivity contribution in [1.29, 1.82) is 0 Å². The first-order valence-corrected chi connectivity index (χ1v) is 7.07. The number of aryl methyl sites for hydroxylation is 1. The van der Waals surface area contributed by atoms with Crippen molar-refractivity contribution in [2.75, 3.05) is 0 Å². The maximum Gasteiger partial charge on any atom is 0.163 e. The molecule has 0 spiro atoms. The Morgan fingerprint density at radius 1 is 0.905 bits per heavy atom. The van der Waals surface area contributed by atoms with Gasteiger partial charge in [-0.25, -0.2) is 0 Å². The average molecular weight is 274 g/mol. The quantitative estimate of drug-likeness (QED) is 0.771. The molecule has 1 aromatic heterocycles. The molecule has 21 heavy (non-hydrogen) atoms. The lowest BCUT2D eigenvalue weighted by atomic mass is 9.98. The van der Waals surface area contributed by atoms with E-state index < -0.39 is 0 Å². The topological polar surface area (TPSA) is 45.8 Å². The summed E-state index contributed by atoms with van der Waals surface area (Å²) in [5.74, 6) is 0.266. The molecule has 1 heterocycles. The summed E-state index contributed by atoms with van der Waals surface area (Å²) in [5.41, 5.74) is 6.50. The van der Waals surface area contributed by atoms with Crippen LogP contribution in [0.2, 0.25) is 0 Å². The van der Waals surface area contributed by atoms with Gasteiger partial charge in [0.2, 0.25) is 0 Å². The number of nitrogens with zero attached hydrogens (tertiary/aromatic N) is 1. The smallest absolute Gasteiger partial charge is 0.163 e. The second kappa shape index (κ2) is 4.70. The van der Waals surface area contributed by atoms with Gasteiger partial charge in [0.05, 0.1) is 5.69 Å². The number of aromatic amines is 1. The van der Waals surface area contributed by atoms with Crippen molar-refractivity contribution in [3.05, 3.63) is 65.9 Å². The van der Waals surface area contributed by atoms with Crippen LogP contribution in [-0.4, -0.2) is 16.0 Å². The van der Waals surface area contributed by atoms with E-state index in [1.165, 1.54) is 5.56 Å². The van der Waals surface area contributed by atoms with E-state index in [0.717, 1.165) is 34.4 Å². The number of H-pyrrole nitrogens is 1. The summed E-state index contributed by atoms with van der Waals surface area (Å²) >= 11 is 0. The van der Waals surface area contributed by atoms with Crippen molar-refractivity contribution in [2.24, 2.45) is 0 Å². The van der Waals surface area contributed by atoms with Gasteiger partial charge in [0.15, 0.2) is 5.78 Å². The lowest BCUT2D eigenvalue weighted by Gasteiger charge is -2.06. The molecule has 2 aromatic carbocycles. The number of ketones is 1. The molecule has 1 aliphatic rings. The Labute approximate surface area is 122 Å². The molecule has 0 atom stereocenters. The largest absolute Gasteiger partial charge is 0.294 e. The van der Waals surface area contributed by atoms with Crippen LogP contribution in [0.25, 0.3) is 22.4 Å².